The quantitative estimate of drug-likeness (QED) is 0.225. The lowest BCUT2D eigenvalue weighted by atomic mass is 9.82. The number of nitrogens with zero attached hydrogens (tertiary/aromatic N) is 3. The number of hydrogen-bond donors (Lipinski definition) is 2. The summed E-state index contributed by atoms with van der Waals surface area (Å²) >= 11 is 6.14. The van der Waals surface area contributed by atoms with E-state index in [1.165, 1.54) is 18.2 Å². The molecule has 3 heterocycles. The first-order valence-corrected chi connectivity index (χ1v) is 15.4. The molecule has 2 fully saturated rings. The number of aromatic nitrogens is 1. The number of pyridine rings is 1. The van der Waals surface area contributed by atoms with Crippen molar-refractivity contribution in [2.75, 3.05) is 26.8 Å². The summed E-state index contributed by atoms with van der Waals surface area (Å²) in [6.07, 6.45) is 2.65. The van der Waals surface area contributed by atoms with Gasteiger partial charge in [-0.05, 0) is 57.7 Å². The summed E-state index contributed by atoms with van der Waals surface area (Å²) in [6.45, 7) is 5.52. The van der Waals surface area contributed by atoms with Crippen LogP contribution in [0.2, 0.25) is 5.02 Å². The predicted octanol–water partition coefficient (Wildman–Crippen LogP) is 1.73. The second-order valence-corrected chi connectivity index (χ2v) is 12.8. The second-order valence-electron chi connectivity index (χ2n) is 12.4. The zero-order valence-electron chi connectivity index (χ0n) is 26.2. The van der Waals surface area contributed by atoms with Crippen molar-refractivity contribution < 1.29 is 33.4 Å². The maximum absolute atomic E-state index is 14.1. The lowest BCUT2D eigenvalue weighted by Crippen LogP contribution is -2.65. The summed E-state index contributed by atoms with van der Waals surface area (Å²) in [6, 6.07) is 10.4. The first kappa shape index (κ1) is 34.1. The minimum absolute atomic E-state index is 0.00949. The van der Waals surface area contributed by atoms with Crippen molar-refractivity contribution in [3.63, 3.8) is 0 Å². The largest absolute Gasteiger partial charge is 0.619 e. The van der Waals surface area contributed by atoms with Gasteiger partial charge in [0.25, 0.3) is 0 Å². The number of piperidine rings is 1. The van der Waals surface area contributed by atoms with E-state index < -0.39 is 47.0 Å². The van der Waals surface area contributed by atoms with E-state index in [0.717, 1.165) is 5.56 Å². The maximum atomic E-state index is 14.1. The molecule has 4 atom stereocenters. The van der Waals surface area contributed by atoms with Crippen LogP contribution in [0.25, 0.3) is 0 Å². The van der Waals surface area contributed by atoms with Crippen LogP contribution in [-0.4, -0.2) is 83.6 Å². The number of carbonyl (C=O) groups excluding carboxylic acids is 4. The van der Waals surface area contributed by atoms with Crippen molar-refractivity contribution >= 4 is 35.3 Å². The van der Waals surface area contributed by atoms with E-state index in [9.17, 15) is 24.4 Å². The topological polar surface area (TPSA) is 158 Å². The van der Waals surface area contributed by atoms with Gasteiger partial charge in [0.05, 0.1) is 37.6 Å². The van der Waals surface area contributed by atoms with Crippen LogP contribution in [0.3, 0.4) is 0 Å². The van der Waals surface area contributed by atoms with Gasteiger partial charge >= 0.3 is 5.97 Å². The molecule has 13 heteroatoms. The number of carbonyl (C=O) groups is 4. The third-order valence-corrected chi connectivity index (χ3v) is 8.75. The molecule has 1 aromatic carbocycles. The summed E-state index contributed by atoms with van der Waals surface area (Å²) in [5.41, 5.74) is 5.20. The number of halogens is 1. The van der Waals surface area contributed by atoms with Gasteiger partial charge in [0.2, 0.25) is 17.7 Å². The van der Waals surface area contributed by atoms with Gasteiger partial charge in [0.15, 0.2) is 11.9 Å². The molecule has 0 saturated carbocycles. The Kier molecular flexibility index (Phi) is 10.7. The van der Waals surface area contributed by atoms with Crippen LogP contribution in [0.4, 0.5) is 0 Å². The molecule has 244 valence electrons. The number of likely N-dealkylation sites (tertiary alicyclic amines) is 1. The van der Waals surface area contributed by atoms with Crippen molar-refractivity contribution in [1.29, 1.82) is 0 Å². The molecule has 0 aliphatic carbocycles. The molecule has 45 heavy (non-hydrogen) atoms. The van der Waals surface area contributed by atoms with Crippen LogP contribution < -0.4 is 15.8 Å². The molecular formula is C32H42ClN5O7. The Morgan fingerprint density at radius 3 is 2.53 bits per heavy atom. The Labute approximate surface area is 268 Å². The van der Waals surface area contributed by atoms with Crippen LogP contribution in [0.15, 0.2) is 48.7 Å². The van der Waals surface area contributed by atoms with Crippen molar-refractivity contribution in [3.8, 4) is 0 Å². The second kappa shape index (κ2) is 14.1. The minimum atomic E-state index is -1.04. The Bertz CT molecular complexity index is 1400. The van der Waals surface area contributed by atoms with Gasteiger partial charge in [0, 0.05) is 36.7 Å². The van der Waals surface area contributed by atoms with Gasteiger partial charge in [-0.15, -0.1) is 0 Å². The maximum Gasteiger partial charge on any atom is 0.306 e. The lowest BCUT2D eigenvalue weighted by Gasteiger charge is -2.45. The standard InChI is InChI=1S/C32H42ClN5O7/c1-21(34)29(41)38-26(19-45-31(38,2)3)28(40)35-32(18-22-9-11-24(33)12-10-22)13-7-14-36(20-32)30(42)23(17-27(39)44-4)16-25-8-5-6-15-37(25)43/h5-6,8-12,15,21,23,26H,7,13-14,16-20,34H2,1-4H3,(H,35,40)/t21?,23?,26-,32+/m0/s1. The molecule has 0 radical (unpaired) electrons. The molecule has 2 saturated heterocycles. The fraction of sp³-hybridized carbons (Fsp3) is 0.531. The highest BCUT2D eigenvalue weighted by Crippen LogP contribution is 2.32. The summed E-state index contributed by atoms with van der Waals surface area (Å²) < 4.78 is 11.4. The highest BCUT2D eigenvalue weighted by molar-refractivity contribution is 6.30. The Morgan fingerprint density at radius 1 is 1.18 bits per heavy atom. The highest BCUT2D eigenvalue weighted by Gasteiger charge is 2.50. The van der Waals surface area contributed by atoms with Crippen molar-refractivity contribution in [3.05, 3.63) is 70.1 Å². The number of ether oxygens (including phenoxy) is 2. The van der Waals surface area contributed by atoms with Crippen molar-refractivity contribution in [2.24, 2.45) is 11.7 Å². The van der Waals surface area contributed by atoms with Crippen molar-refractivity contribution in [1.82, 2.24) is 15.1 Å². The van der Waals surface area contributed by atoms with E-state index in [4.69, 9.17) is 26.8 Å². The SMILES string of the molecule is COC(=O)CC(Cc1cccc[n+]1[O-])C(=O)N1CCC[C@](Cc2ccc(Cl)cc2)(NC(=O)[C@@H]2COC(C)(C)N2C(=O)C(C)N)C1. The number of benzene rings is 1. The number of nitrogens with one attached hydrogen (secondary N) is 1. The third kappa shape index (κ3) is 8.11. The van der Waals surface area contributed by atoms with E-state index in [1.54, 1.807) is 56.0 Å². The molecule has 0 bridgehead atoms. The van der Waals surface area contributed by atoms with Crippen LogP contribution in [0, 0.1) is 11.1 Å². The van der Waals surface area contributed by atoms with Gasteiger partial charge in [-0.2, -0.15) is 4.73 Å². The van der Waals surface area contributed by atoms with Gasteiger partial charge in [-0.25, -0.2) is 0 Å². The normalized spacial score (nSPS) is 22.4. The molecule has 3 amide bonds. The number of rotatable bonds is 10. The molecular weight excluding hydrogens is 602 g/mol. The van der Waals surface area contributed by atoms with E-state index in [2.05, 4.69) is 5.32 Å². The van der Waals surface area contributed by atoms with E-state index in [0.29, 0.717) is 41.3 Å². The minimum Gasteiger partial charge on any atom is -0.619 e. The molecule has 0 spiro atoms. The van der Waals surface area contributed by atoms with Crippen LogP contribution >= 0.6 is 11.6 Å². The molecule has 4 rings (SSSR count). The molecule has 2 aliphatic heterocycles. The van der Waals surface area contributed by atoms with Crippen LogP contribution in [0.1, 0.15) is 51.3 Å². The van der Waals surface area contributed by atoms with Gasteiger partial charge in [-0.3, -0.25) is 24.1 Å². The highest BCUT2D eigenvalue weighted by atomic mass is 35.5. The lowest BCUT2D eigenvalue weighted by molar-refractivity contribution is -0.614. The van der Waals surface area contributed by atoms with Gasteiger partial charge in [0.1, 0.15) is 11.8 Å². The number of amides is 3. The molecule has 3 N–H and O–H groups in total. The zero-order valence-corrected chi connectivity index (χ0v) is 26.9. The van der Waals surface area contributed by atoms with Crippen molar-refractivity contribution in [2.45, 2.75) is 76.2 Å². The number of methoxy groups -OCH3 is 1. The zero-order chi connectivity index (χ0) is 32.9. The first-order valence-electron chi connectivity index (χ1n) is 15.1. The van der Waals surface area contributed by atoms with Gasteiger partial charge < -0.3 is 30.6 Å². The third-order valence-electron chi connectivity index (χ3n) is 8.50. The van der Waals surface area contributed by atoms with E-state index in [-0.39, 0.29) is 31.9 Å². The summed E-state index contributed by atoms with van der Waals surface area (Å²) in [4.78, 5) is 56.6. The fourth-order valence-electron chi connectivity index (χ4n) is 6.25. The number of nitrogens with two attached hydrogens (primary N) is 1. The first-order chi connectivity index (χ1) is 21.2. The molecule has 2 aromatic rings. The Morgan fingerprint density at radius 2 is 1.89 bits per heavy atom. The smallest absolute Gasteiger partial charge is 0.306 e. The molecule has 2 unspecified atom stereocenters. The molecule has 1 aromatic heterocycles. The molecule has 12 nitrogen and oxygen atoms in total. The van der Waals surface area contributed by atoms with Gasteiger partial charge in [-0.1, -0.05) is 29.8 Å². The fourth-order valence-corrected chi connectivity index (χ4v) is 6.37. The van der Waals surface area contributed by atoms with Crippen LogP contribution in [0.5, 0.6) is 0 Å². The summed E-state index contributed by atoms with van der Waals surface area (Å²) in [5.74, 6) is -2.57. The Balaban J connectivity index is 1.64. The van der Waals surface area contributed by atoms with Crippen LogP contribution in [-0.2, 0) is 41.5 Å². The summed E-state index contributed by atoms with van der Waals surface area (Å²) in [7, 11) is 1.25. The van der Waals surface area contributed by atoms with E-state index in [1.807, 2.05) is 12.1 Å². The number of esters is 1. The van der Waals surface area contributed by atoms with E-state index >= 15 is 0 Å². The predicted molar refractivity (Wildman–Crippen MR) is 165 cm³/mol. The Hall–Kier alpha value is -3.74. The number of hydrogen-bond acceptors (Lipinski definition) is 8. The average molecular weight is 644 g/mol. The average Bonchev–Trinajstić information content (AvgIpc) is 3.32. The monoisotopic (exact) mass is 643 g/mol. The summed E-state index contributed by atoms with van der Waals surface area (Å²) in [5, 5.41) is 16.2. The molecule has 2 aliphatic rings.